The third-order valence-electron chi connectivity index (χ3n) is 5.86. The number of hydrogen-bond acceptors (Lipinski definition) is 3. The van der Waals surface area contributed by atoms with E-state index in [4.69, 9.17) is 0 Å². The number of benzene rings is 2. The van der Waals surface area contributed by atoms with Gasteiger partial charge in [0.15, 0.2) is 0 Å². The first-order chi connectivity index (χ1) is 14.8. The zero-order valence-electron chi connectivity index (χ0n) is 17.7. The maximum atomic E-state index is 14.2. The molecule has 3 aromatic rings. The second kappa shape index (κ2) is 8.34. The van der Waals surface area contributed by atoms with Crippen LogP contribution in [0.5, 0.6) is 0 Å². The van der Waals surface area contributed by atoms with Crippen molar-refractivity contribution in [2.75, 3.05) is 19.6 Å². The van der Waals surface area contributed by atoms with E-state index in [0.29, 0.717) is 11.5 Å². The summed E-state index contributed by atoms with van der Waals surface area (Å²) >= 11 is 0. The van der Waals surface area contributed by atoms with E-state index in [2.05, 4.69) is 16.5 Å². The van der Waals surface area contributed by atoms with Gasteiger partial charge in [-0.1, -0.05) is 6.07 Å². The highest BCUT2D eigenvalue weighted by molar-refractivity contribution is 6.05. The highest BCUT2D eigenvalue weighted by Crippen LogP contribution is 2.36. The Morgan fingerprint density at radius 3 is 2.58 bits per heavy atom. The van der Waals surface area contributed by atoms with Crippen LogP contribution in [-0.2, 0) is 7.05 Å². The first kappa shape index (κ1) is 21.4. The van der Waals surface area contributed by atoms with Crippen LogP contribution in [-0.4, -0.2) is 52.7 Å². The van der Waals surface area contributed by atoms with Crippen molar-refractivity contribution in [1.82, 2.24) is 20.0 Å². The summed E-state index contributed by atoms with van der Waals surface area (Å²) in [4.78, 5) is 14.4. The predicted molar refractivity (Wildman–Crippen MR) is 114 cm³/mol. The van der Waals surface area contributed by atoms with Gasteiger partial charge in [0.1, 0.15) is 5.82 Å². The molecule has 0 bridgehead atoms. The van der Waals surface area contributed by atoms with Crippen LogP contribution in [0, 0.1) is 5.82 Å². The van der Waals surface area contributed by atoms with Gasteiger partial charge in [0.25, 0.3) is 12.3 Å². The topological polar surface area (TPSA) is 50.2 Å². The molecule has 1 aromatic heterocycles. The van der Waals surface area contributed by atoms with E-state index in [1.54, 1.807) is 30.8 Å². The van der Waals surface area contributed by atoms with Gasteiger partial charge >= 0.3 is 0 Å². The van der Waals surface area contributed by atoms with Crippen LogP contribution < -0.4 is 5.32 Å². The minimum atomic E-state index is -2.68. The maximum absolute atomic E-state index is 14.2. The Labute approximate surface area is 178 Å². The molecule has 0 radical (unpaired) electrons. The van der Waals surface area contributed by atoms with Crippen molar-refractivity contribution in [3.63, 3.8) is 0 Å². The van der Waals surface area contributed by atoms with Crippen LogP contribution in [0.25, 0.3) is 22.0 Å². The van der Waals surface area contributed by atoms with Crippen LogP contribution >= 0.6 is 0 Å². The van der Waals surface area contributed by atoms with Gasteiger partial charge in [-0.2, -0.15) is 5.10 Å². The highest BCUT2D eigenvalue weighted by atomic mass is 19.3. The fraction of sp³-hybridized carbons (Fsp3) is 0.391. The minimum Gasteiger partial charge on any atom is -0.330 e. The van der Waals surface area contributed by atoms with Gasteiger partial charge in [-0.3, -0.25) is 9.48 Å². The van der Waals surface area contributed by atoms with Crippen molar-refractivity contribution in [3.8, 4) is 11.1 Å². The van der Waals surface area contributed by atoms with Crippen LogP contribution in [0.4, 0.5) is 13.2 Å². The molecule has 0 aliphatic carbocycles. The summed E-state index contributed by atoms with van der Waals surface area (Å²) in [6.45, 7) is 4.34. The van der Waals surface area contributed by atoms with Crippen molar-refractivity contribution in [3.05, 3.63) is 53.5 Å². The van der Waals surface area contributed by atoms with Crippen LogP contribution in [0.2, 0.25) is 0 Å². The van der Waals surface area contributed by atoms with Crippen molar-refractivity contribution in [1.29, 1.82) is 0 Å². The lowest BCUT2D eigenvalue weighted by atomic mass is 9.88. The molecule has 1 amide bonds. The summed E-state index contributed by atoms with van der Waals surface area (Å²) in [5.41, 5.74) is 3.33. The van der Waals surface area contributed by atoms with Gasteiger partial charge in [0.2, 0.25) is 0 Å². The van der Waals surface area contributed by atoms with Gasteiger partial charge in [0.05, 0.1) is 23.8 Å². The normalized spacial score (nSPS) is 14.5. The summed E-state index contributed by atoms with van der Waals surface area (Å²) in [5, 5.41) is 8.43. The van der Waals surface area contributed by atoms with Gasteiger partial charge in [-0.05, 0) is 54.8 Å². The number of aryl methyl sites for hydroxylation is 1. The Morgan fingerprint density at radius 1 is 1.23 bits per heavy atom. The van der Waals surface area contributed by atoms with E-state index >= 15 is 0 Å². The predicted octanol–water partition coefficient (Wildman–Crippen LogP) is 4.18. The van der Waals surface area contributed by atoms with Crippen LogP contribution in [0.1, 0.15) is 35.7 Å². The van der Waals surface area contributed by atoms with E-state index in [1.807, 2.05) is 13.1 Å². The molecule has 1 aliphatic rings. The summed E-state index contributed by atoms with van der Waals surface area (Å²) < 4.78 is 42.2. The first-order valence-electron chi connectivity index (χ1n) is 10.3. The van der Waals surface area contributed by atoms with Gasteiger partial charge < -0.3 is 10.2 Å². The van der Waals surface area contributed by atoms with E-state index in [-0.39, 0.29) is 5.56 Å². The molecular formula is C23H25F3N4O. The Kier molecular flexibility index (Phi) is 5.75. The standard InChI is InChI=1S/C23H25F3N4O/c1-13(2)30(12-22(25)26)23(31)19-8-16(24)4-5-17(19)18-6-14(15-9-27-10-15)7-21-20(18)11-28-29(21)3/h4-8,11,13,15,22,27H,9-10,12H2,1-3H3. The number of nitrogens with zero attached hydrogens (tertiary/aromatic N) is 3. The van der Waals surface area contributed by atoms with Crippen LogP contribution in [0.15, 0.2) is 36.5 Å². The lowest BCUT2D eigenvalue weighted by molar-refractivity contribution is 0.0476. The second-order valence-corrected chi connectivity index (χ2v) is 8.26. The molecule has 2 aromatic carbocycles. The number of rotatable bonds is 6. The number of fused-ring (bicyclic) bond motifs is 1. The third-order valence-corrected chi connectivity index (χ3v) is 5.86. The third kappa shape index (κ3) is 4.04. The van der Waals surface area contributed by atoms with E-state index in [0.717, 1.165) is 46.1 Å². The molecular weight excluding hydrogens is 405 g/mol. The molecule has 1 saturated heterocycles. The zero-order valence-corrected chi connectivity index (χ0v) is 17.7. The van der Waals surface area contributed by atoms with Gasteiger partial charge in [0, 0.05) is 37.5 Å². The molecule has 5 nitrogen and oxygen atoms in total. The first-order valence-corrected chi connectivity index (χ1v) is 10.3. The Hall–Kier alpha value is -2.87. The molecule has 8 heteroatoms. The number of halogens is 3. The Morgan fingerprint density at radius 2 is 1.97 bits per heavy atom. The molecule has 0 atom stereocenters. The smallest absolute Gasteiger partial charge is 0.255 e. The molecule has 164 valence electrons. The van der Waals surface area contributed by atoms with E-state index in [9.17, 15) is 18.0 Å². The fourth-order valence-corrected chi connectivity index (χ4v) is 4.01. The lowest BCUT2D eigenvalue weighted by Gasteiger charge is -2.29. The Bertz CT molecular complexity index is 1120. The zero-order chi connectivity index (χ0) is 22.3. The van der Waals surface area contributed by atoms with Gasteiger partial charge in [-0.25, -0.2) is 13.2 Å². The SMILES string of the molecule is CC(C)N(CC(F)F)C(=O)c1cc(F)ccc1-c1cc(C2CNC2)cc2c1cnn2C. The molecule has 0 spiro atoms. The number of nitrogens with one attached hydrogen (secondary N) is 1. The average molecular weight is 430 g/mol. The van der Waals surface area contributed by atoms with Crippen molar-refractivity contribution >= 4 is 16.8 Å². The molecule has 31 heavy (non-hydrogen) atoms. The van der Waals surface area contributed by atoms with Crippen molar-refractivity contribution in [2.24, 2.45) is 7.05 Å². The molecule has 1 N–H and O–H groups in total. The van der Waals surface area contributed by atoms with Crippen molar-refractivity contribution < 1.29 is 18.0 Å². The lowest BCUT2D eigenvalue weighted by Crippen LogP contribution is -2.40. The molecule has 1 aliphatic heterocycles. The van der Waals surface area contributed by atoms with Crippen LogP contribution in [0.3, 0.4) is 0 Å². The number of aromatic nitrogens is 2. The highest BCUT2D eigenvalue weighted by Gasteiger charge is 2.27. The summed E-state index contributed by atoms with van der Waals surface area (Å²) in [6.07, 6.45) is -0.965. The summed E-state index contributed by atoms with van der Waals surface area (Å²) in [6, 6.07) is 7.61. The molecule has 1 fully saturated rings. The Balaban J connectivity index is 1.89. The number of carbonyl (C=O) groups is 1. The van der Waals surface area contributed by atoms with Gasteiger partial charge in [-0.15, -0.1) is 0 Å². The quantitative estimate of drug-likeness (QED) is 0.638. The summed E-state index contributed by atoms with van der Waals surface area (Å²) in [5.74, 6) is -0.865. The average Bonchev–Trinajstić information content (AvgIpc) is 3.04. The number of hydrogen-bond donors (Lipinski definition) is 1. The number of amides is 1. The molecule has 0 saturated carbocycles. The largest absolute Gasteiger partial charge is 0.330 e. The fourth-order valence-electron chi connectivity index (χ4n) is 4.01. The van der Waals surface area contributed by atoms with E-state index < -0.39 is 30.7 Å². The van der Waals surface area contributed by atoms with Crippen molar-refractivity contribution in [2.45, 2.75) is 32.2 Å². The minimum absolute atomic E-state index is 0.0726. The molecule has 4 rings (SSSR count). The molecule has 0 unspecified atom stereocenters. The monoisotopic (exact) mass is 430 g/mol. The van der Waals surface area contributed by atoms with E-state index in [1.165, 1.54) is 6.07 Å². The summed E-state index contributed by atoms with van der Waals surface area (Å²) in [7, 11) is 1.84. The number of carbonyl (C=O) groups excluding carboxylic acids is 1. The maximum Gasteiger partial charge on any atom is 0.255 e. The molecule has 2 heterocycles. The number of alkyl halides is 2. The second-order valence-electron chi connectivity index (χ2n) is 8.26.